The van der Waals surface area contributed by atoms with Crippen molar-refractivity contribution < 1.29 is 26.3 Å². The summed E-state index contributed by atoms with van der Waals surface area (Å²) in [6.07, 6.45) is -1.63. The molecule has 2 aliphatic rings. The van der Waals surface area contributed by atoms with E-state index in [1.165, 1.54) is 12.1 Å². The third-order valence-corrected chi connectivity index (χ3v) is 9.39. The zero-order valence-corrected chi connectivity index (χ0v) is 25.8. The normalized spacial score (nSPS) is 19.7. The molecular weight excluding hydrogens is 602 g/mol. The number of halogens is 6. The molecule has 2 aromatic carbocycles. The van der Waals surface area contributed by atoms with Crippen LogP contribution in [0.4, 0.5) is 26.3 Å². The highest BCUT2D eigenvalue weighted by Crippen LogP contribution is 2.40. The SMILES string of the molecule is Cc1cccc(C(F)(F)F)c1-c1ccc(CN2CCCC2C2CCCN2Cc2ccc(-c3c(C)cccc3C(F)(F)F)cn2)nc1. The van der Waals surface area contributed by atoms with E-state index in [0.717, 1.165) is 62.3 Å². The molecule has 0 radical (unpaired) electrons. The minimum absolute atomic E-state index is 0.163. The second-order valence-corrected chi connectivity index (χ2v) is 12.4. The lowest BCUT2D eigenvalue weighted by atomic mass is 9.95. The Morgan fingerprint density at radius 1 is 0.609 bits per heavy atom. The molecule has 4 nitrogen and oxygen atoms in total. The van der Waals surface area contributed by atoms with Crippen LogP contribution in [0.5, 0.6) is 0 Å². The second-order valence-electron chi connectivity index (χ2n) is 12.4. The molecule has 0 spiro atoms. The molecular formula is C36H36F6N4. The van der Waals surface area contributed by atoms with Gasteiger partial charge in [0.2, 0.25) is 0 Å². The minimum Gasteiger partial charge on any atom is -0.293 e. The van der Waals surface area contributed by atoms with Crippen LogP contribution < -0.4 is 0 Å². The molecule has 0 bridgehead atoms. The Labute approximate surface area is 265 Å². The average Bonchev–Trinajstić information content (AvgIpc) is 3.66. The summed E-state index contributed by atoms with van der Waals surface area (Å²) in [5.41, 5.74) is 2.64. The monoisotopic (exact) mass is 638 g/mol. The molecule has 2 saturated heterocycles. The third-order valence-electron chi connectivity index (χ3n) is 9.39. The van der Waals surface area contributed by atoms with E-state index in [-0.39, 0.29) is 11.1 Å². The zero-order valence-electron chi connectivity index (χ0n) is 25.8. The molecule has 4 aromatic rings. The number of nitrogens with zero attached hydrogens (tertiary/aromatic N) is 4. The van der Waals surface area contributed by atoms with E-state index >= 15 is 0 Å². The molecule has 0 saturated carbocycles. The minimum atomic E-state index is -4.45. The van der Waals surface area contributed by atoms with E-state index < -0.39 is 23.5 Å². The second kappa shape index (κ2) is 12.8. The molecule has 46 heavy (non-hydrogen) atoms. The molecule has 10 heteroatoms. The van der Waals surface area contributed by atoms with Gasteiger partial charge >= 0.3 is 12.4 Å². The van der Waals surface area contributed by atoms with Crippen molar-refractivity contribution in [1.82, 2.24) is 19.8 Å². The fraction of sp³-hybridized carbons (Fsp3) is 0.389. The van der Waals surface area contributed by atoms with Crippen molar-refractivity contribution in [3.63, 3.8) is 0 Å². The first-order valence-electron chi connectivity index (χ1n) is 15.6. The Hall–Kier alpha value is -3.76. The summed E-state index contributed by atoms with van der Waals surface area (Å²) in [7, 11) is 0. The van der Waals surface area contributed by atoms with Crippen LogP contribution >= 0.6 is 0 Å². The van der Waals surface area contributed by atoms with Gasteiger partial charge in [0.15, 0.2) is 0 Å². The Kier molecular flexibility index (Phi) is 8.95. The smallest absolute Gasteiger partial charge is 0.293 e. The van der Waals surface area contributed by atoms with Crippen LogP contribution in [0.3, 0.4) is 0 Å². The summed E-state index contributed by atoms with van der Waals surface area (Å²) in [6.45, 7) is 6.41. The van der Waals surface area contributed by atoms with Crippen molar-refractivity contribution >= 4 is 0 Å². The van der Waals surface area contributed by atoms with Gasteiger partial charge in [0.1, 0.15) is 0 Å². The van der Waals surface area contributed by atoms with E-state index in [4.69, 9.17) is 0 Å². The molecule has 2 atom stereocenters. The maximum Gasteiger partial charge on any atom is 0.417 e. The van der Waals surface area contributed by atoms with E-state index in [2.05, 4.69) is 19.8 Å². The number of benzene rings is 2. The number of pyridine rings is 2. The van der Waals surface area contributed by atoms with Gasteiger partial charge in [0, 0.05) is 48.7 Å². The standard InChI is InChI=1S/C36H36F6N4/c1-23-7-3-9-29(35(37,38)39)33(23)25-13-15-27(43-19-25)21-45-17-5-11-31(45)32-12-6-18-46(32)22-28-16-14-26(20-44-28)34-24(2)8-4-10-30(34)36(40,41)42/h3-4,7-10,13-16,19-20,31-32H,5-6,11-12,17-18,21-22H2,1-2H3. The maximum absolute atomic E-state index is 13.7. The number of hydrogen-bond donors (Lipinski definition) is 0. The number of aryl methyl sites for hydroxylation is 2. The van der Waals surface area contributed by atoms with Gasteiger partial charge in [0.05, 0.1) is 22.5 Å². The summed E-state index contributed by atoms with van der Waals surface area (Å²) in [5, 5.41) is 0. The van der Waals surface area contributed by atoms with E-state index in [1.807, 2.05) is 12.1 Å². The van der Waals surface area contributed by atoms with Crippen molar-refractivity contribution in [3.05, 3.63) is 107 Å². The van der Waals surface area contributed by atoms with Gasteiger partial charge in [-0.1, -0.05) is 36.4 Å². The lowest BCUT2D eigenvalue weighted by Gasteiger charge is -2.35. The van der Waals surface area contributed by atoms with E-state index in [0.29, 0.717) is 47.4 Å². The molecule has 2 aromatic heterocycles. The maximum atomic E-state index is 13.7. The van der Waals surface area contributed by atoms with Gasteiger partial charge < -0.3 is 0 Å². The summed E-state index contributed by atoms with van der Waals surface area (Å²) in [4.78, 5) is 14.0. The zero-order chi connectivity index (χ0) is 32.6. The van der Waals surface area contributed by atoms with Crippen LogP contribution in [0.2, 0.25) is 0 Å². The van der Waals surface area contributed by atoms with E-state index in [1.54, 1.807) is 50.5 Å². The largest absolute Gasteiger partial charge is 0.417 e. The summed E-state index contributed by atoms with van der Waals surface area (Å²) < 4.78 is 82.2. The summed E-state index contributed by atoms with van der Waals surface area (Å²) >= 11 is 0. The third kappa shape index (κ3) is 6.69. The van der Waals surface area contributed by atoms with Gasteiger partial charge in [-0.15, -0.1) is 0 Å². The van der Waals surface area contributed by atoms with Crippen molar-refractivity contribution in [3.8, 4) is 22.3 Å². The highest BCUT2D eigenvalue weighted by Gasteiger charge is 2.38. The van der Waals surface area contributed by atoms with Crippen molar-refractivity contribution in [1.29, 1.82) is 0 Å². The number of likely N-dealkylation sites (tertiary alicyclic amines) is 2. The Morgan fingerprint density at radius 2 is 1.02 bits per heavy atom. The van der Waals surface area contributed by atoms with Crippen LogP contribution in [0.25, 0.3) is 22.3 Å². The first-order chi connectivity index (χ1) is 21.9. The molecule has 2 fully saturated rings. The first-order valence-corrected chi connectivity index (χ1v) is 15.6. The number of rotatable bonds is 7. The molecule has 2 unspecified atom stereocenters. The Morgan fingerprint density at radius 3 is 1.37 bits per heavy atom. The molecule has 0 aliphatic carbocycles. The first kappa shape index (κ1) is 32.2. The number of alkyl halides is 6. The lowest BCUT2D eigenvalue weighted by Crippen LogP contribution is -2.45. The number of hydrogen-bond acceptors (Lipinski definition) is 4. The lowest BCUT2D eigenvalue weighted by molar-refractivity contribution is -0.137. The van der Waals surface area contributed by atoms with Crippen LogP contribution in [-0.2, 0) is 25.4 Å². The summed E-state index contributed by atoms with van der Waals surface area (Å²) in [6, 6.07) is 16.1. The van der Waals surface area contributed by atoms with Gasteiger partial charge in [-0.3, -0.25) is 19.8 Å². The molecule has 6 rings (SSSR count). The fourth-order valence-corrected chi connectivity index (χ4v) is 7.29. The number of aromatic nitrogens is 2. The predicted molar refractivity (Wildman–Crippen MR) is 166 cm³/mol. The molecule has 0 amide bonds. The van der Waals surface area contributed by atoms with Crippen molar-refractivity contribution in [2.45, 2.75) is 77.1 Å². The highest BCUT2D eigenvalue weighted by atomic mass is 19.4. The molecule has 4 heterocycles. The van der Waals surface area contributed by atoms with Crippen LogP contribution in [0.1, 0.15) is 59.3 Å². The van der Waals surface area contributed by atoms with Gasteiger partial charge in [-0.05, 0) is 99.1 Å². The van der Waals surface area contributed by atoms with Gasteiger partial charge in [-0.2, -0.15) is 26.3 Å². The topological polar surface area (TPSA) is 32.3 Å². The molecule has 2 aliphatic heterocycles. The van der Waals surface area contributed by atoms with Crippen LogP contribution in [0, 0.1) is 13.8 Å². The van der Waals surface area contributed by atoms with Crippen LogP contribution in [-0.4, -0.2) is 44.9 Å². The molecule has 0 N–H and O–H groups in total. The predicted octanol–water partition coefficient (Wildman–Crippen LogP) is 9.09. The Balaban J connectivity index is 1.14. The van der Waals surface area contributed by atoms with Crippen molar-refractivity contribution in [2.75, 3.05) is 13.1 Å². The quantitative estimate of drug-likeness (QED) is 0.189. The van der Waals surface area contributed by atoms with Gasteiger partial charge in [0.25, 0.3) is 0 Å². The summed E-state index contributed by atoms with van der Waals surface area (Å²) in [5.74, 6) is 0. The van der Waals surface area contributed by atoms with Crippen LogP contribution in [0.15, 0.2) is 73.1 Å². The Bertz CT molecular complexity index is 1540. The van der Waals surface area contributed by atoms with Gasteiger partial charge in [-0.25, -0.2) is 0 Å². The van der Waals surface area contributed by atoms with Crippen molar-refractivity contribution in [2.24, 2.45) is 0 Å². The molecule has 242 valence electrons. The average molecular weight is 639 g/mol. The van der Waals surface area contributed by atoms with E-state index in [9.17, 15) is 26.3 Å². The fourth-order valence-electron chi connectivity index (χ4n) is 7.29. The highest BCUT2D eigenvalue weighted by molar-refractivity contribution is 5.72.